The molecule has 0 radical (unpaired) electrons. The number of nitrogens with zero attached hydrogens (tertiary/aromatic N) is 5. The normalized spacial score (nSPS) is 17.3. The van der Waals surface area contributed by atoms with E-state index in [1.165, 1.54) is 12.1 Å². The number of carbonyl (C=O) groups is 1. The third-order valence-electron chi connectivity index (χ3n) is 5.72. The Labute approximate surface area is 196 Å². The molecule has 3 heterocycles. The van der Waals surface area contributed by atoms with Gasteiger partial charge in [-0.3, -0.25) is 14.7 Å². The third-order valence-corrected chi connectivity index (χ3v) is 5.72. The lowest BCUT2D eigenvalue weighted by Gasteiger charge is -2.31. The number of ether oxygens (including phenoxy) is 1. The molecule has 1 aromatic heterocycles. The third kappa shape index (κ3) is 6.61. The number of amides is 1. The van der Waals surface area contributed by atoms with Gasteiger partial charge < -0.3 is 24.8 Å². The number of likely N-dealkylation sites (N-methyl/N-ethyl adjacent to an activating group) is 1. The van der Waals surface area contributed by atoms with Crippen LogP contribution in [0.15, 0.2) is 55.1 Å². The number of hydrogen-bond donors (Lipinski definition) is 1. The van der Waals surface area contributed by atoms with Crippen molar-refractivity contribution in [2.45, 2.75) is 12.9 Å². The van der Waals surface area contributed by atoms with Crippen molar-refractivity contribution >= 4 is 17.3 Å². The van der Waals surface area contributed by atoms with Crippen molar-refractivity contribution < 1.29 is 22.7 Å². The highest BCUT2D eigenvalue weighted by molar-refractivity contribution is 5.92. The van der Waals surface area contributed by atoms with Crippen molar-refractivity contribution in [3.05, 3.63) is 60.7 Å². The molecule has 11 heteroatoms. The lowest BCUT2D eigenvalue weighted by Crippen LogP contribution is -2.47. The Morgan fingerprint density at radius 2 is 1.82 bits per heavy atom. The Morgan fingerprint density at radius 1 is 1.09 bits per heavy atom. The van der Waals surface area contributed by atoms with Crippen molar-refractivity contribution in [1.29, 1.82) is 0 Å². The molecule has 2 aliphatic heterocycles. The van der Waals surface area contributed by atoms with E-state index in [9.17, 15) is 18.0 Å². The highest BCUT2D eigenvalue weighted by atomic mass is 19.4. The van der Waals surface area contributed by atoms with Crippen LogP contribution in [0.5, 0.6) is 5.75 Å². The van der Waals surface area contributed by atoms with E-state index in [4.69, 9.17) is 0 Å². The predicted molar refractivity (Wildman–Crippen MR) is 122 cm³/mol. The van der Waals surface area contributed by atoms with Crippen LogP contribution in [0, 0.1) is 0 Å². The van der Waals surface area contributed by atoms with Crippen molar-refractivity contribution in [2.75, 3.05) is 56.7 Å². The van der Waals surface area contributed by atoms with Gasteiger partial charge >= 0.3 is 6.36 Å². The highest BCUT2D eigenvalue weighted by Gasteiger charge is 2.31. The van der Waals surface area contributed by atoms with Crippen LogP contribution in [-0.4, -0.2) is 78.4 Å². The largest absolute Gasteiger partial charge is 0.573 e. The summed E-state index contributed by atoms with van der Waals surface area (Å²) in [6, 6.07) is 7.59. The minimum Gasteiger partial charge on any atom is -0.406 e. The summed E-state index contributed by atoms with van der Waals surface area (Å²) in [6.45, 7) is 5.00. The van der Waals surface area contributed by atoms with Crippen LogP contribution in [-0.2, 0) is 11.3 Å². The van der Waals surface area contributed by atoms with Crippen molar-refractivity contribution in [3.8, 4) is 5.75 Å². The summed E-state index contributed by atoms with van der Waals surface area (Å²) in [7, 11) is 2.07. The van der Waals surface area contributed by atoms with Crippen LogP contribution in [0.3, 0.4) is 0 Å². The van der Waals surface area contributed by atoms with Crippen LogP contribution >= 0.6 is 0 Å². The second-order valence-electron chi connectivity index (χ2n) is 8.36. The van der Waals surface area contributed by atoms with E-state index in [1.54, 1.807) is 24.5 Å². The minimum atomic E-state index is -4.71. The Morgan fingerprint density at radius 3 is 2.53 bits per heavy atom. The molecule has 182 valence electrons. The van der Waals surface area contributed by atoms with E-state index in [1.807, 2.05) is 28.3 Å². The molecule has 2 aliphatic rings. The number of nitrogens with one attached hydrogen (secondary N) is 1. The lowest BCUT2D eigenvalue weighted by atomic mass is 10.2. The van der Waals surface area contributed by atoms with Crippen LogP contribution in [0.2, 0.25) is 0 Å². The summed E-state index contributed by atoms with van der Waals surface area (Å²) in [5.41, 5.74) is 2.33. The number of benzene rings is 1. The summed E-state index contributed by atoms with van der Waals surface area (Å²) in [5.74, 6) is -0.330. The van der Waals surface area contributed by atoms with Gasteiger partial charge in [-0.1, -0.05) is 0 Å². The SMILES string of the molecule is CN1CCN(CC(=O)Nc2cnccc2CN2C=CN(c3ccc(OC(F)(F)F)cc3)C2)CC1. The van der Waals surface area contributed by atoms with Crippen molar-refractivity contribution in [3.63, 3.8) is 0 Å². The lowest BCUT2D eigenvalue weighted by molar-refractivity contribution is -0.274. The molecular weight excluding hydrogens is 449 g/mol. The Kier molecular flexibility index (Phi) is 7.23. The zero-order valence-corrected chi connectivity index (χ0v) is 18.8. The summed E-state index contributed by atoms with van der Waals surface area (Å²) in [4.78, 5) is 25.1. The number of rotatable bonds is 7. The van der Waals surface area contributed by atoms with Crippen LogP contribution in [0.25, 0.3) is 0 Å². The van der Waals surface area contributed by atoms with Gasteiger partial charge in [-0.25, -0.2) is 0 Å². The number of anilines is 2. The van der Waals surface area contributed by atoms with Gasteiger partial charge in [0.15, 0.2) is 0 Å². The molecule has 0 atom stereocenters. The topological polar surface area (TPSA) is 64.2 Å². The molecule has 0 saturated carbocycles. The monoisotopic (exact) mass is 476 g/mol. The molecule has 8 nitrogen and oxygen atoms in total. The Balaban J connectivity index is 1.32. The van der Waals surface area contributed by atoms with Gasteiger partial charge in [-0.2, -0.15) is 0 Å². The molecule has 1 aromatic carbocycles. The maximum atomic E-state index is 12.6. The molecule has 4 rings (SSSR count). The molecule has 0 spiro atoms. The average molecular weight is 477 g/mol. The number of carbonyl (C=O) groups excluding carboxylic acids is 1. The molecule has 0 bridgehead atoms. The van der Waals surface area contributed by atoms with Gasteiger partial charge in [-0.15, -0.1) is 13.2 Å². The number of piperazine rings is 1. The quantitative estimate of drug-likeness (QED) is 0.659. The summed E-state index contributed by atoms with van der Waals surface area (Å²) >= 11 is 0. The number of aromatic nitrogens is 1. The molecule has 0 unspecified atom stereocenters. The zero-order chi connectivity index (χ0) is 24.1. The van der Waals surface area contributed by atoms with E-state index in [0.717, 1.165) is 37.4 Å². The number of pyridine rings is 1. The van der Waals surface area contributed by atoms with Gasteiger partial charge in [0, 0.05) is 57.0 Å². The first-order valence-electron chi connectivity index (χ1n) is 10.9. The van der Waals surface area contributed by atoms with E-state index < -0.39 is 6.36 Å². The maximum Gasteiger partial charge on any atom is 0.573 e. The fourth-order valence-corrected chi connectivity index (χ4v) is 3.87. The molecule has 1 saturated heterocycles. The molecule has 0 aliphatic carbocycles. The highest BCUT2D eigenvalue weighted by Crippen LogP contribution is 2.27. The number of halogens is 3. The first kappa shape index (κ1) is 23.8. The van der Waals surface area contributed by atoms with Gasteiger partial charge in [-0.05, 0) is 42.9 Å². The summed E-state index contributed by atoms with van der Waals surface area (Å²) in [5, 5.41) is 2.98. The minimum absolute atomic E-state index is 0.0708. The van der Waals surface area contributed by atoms with Gasteiger partial charge in [0.2, 0.25) is 5.91 Å². The molecule has 2 aromatic rings. The standard InChI is InChI=1S/C23H27F3N6O2/c1-29-8-10-30(11-9-29)16-22(33)28-21-14-27-7-6-18(21)15-31-12-13-32(17-31)19-2-4-20(5-3-19)34-23(24,25)26/h2-7,12-14H,8-11,15-17H2,1H3,(H,28,33). The first-order valence-corrected chi connectivity index (χ1v) is 10.9. The van der Waals surface area contributed by atoms with Gasteiger partial charge in [0.05, 0.1) is 25.1 Å². The molecule has 1 fully saturated rings. The summed E-state index contributed by atoms with van der Waals surface area (Å²) < 4.78 is 41.0. The molecular formula is C23H27F3N6O2. The molecule has 34 heavy (non-hydrogen) atoms. The number of alkyl halides is 3. The average Bonchev–Trinajstić information content (AvgIpc) is 3.25. The van der Waals surface area contributed by atoms with E-state index >= 15 is 0 Å². The van der Waals surface area contributed by atoms with Crippen LogP contribution in [0.1, 0.15) is 5.56 Å². The van der Waals surface area contributed by atoms with E-state index in [0.29, 0.717) is 25.4 Å². The van der Waals surface area contributed by atoms with E-state index in [-0.39, 0.29) is 11.7 Å². The first-order chi connectivity index (χ1) is 16.2. The van der Waals surface area contributed by atoms with Crippen molar-refractivity contribution in [2.24, 2.45) is 0 Å². The van der Waals surface area contributed by atoms with Crippen molar-refractivity contribution in [1.82, 2.24) is 19.7 Å². The predicted octanol–water partition coefficient (Wildman–Crippen LogP) is 2.92. The fourth-order valence-electron chi connectivity index (χ4n) is 3.87. The summed E-state index contributed by atoms with van der Waals surface area (Å²) in [6.07, 6.45) is 2.37. The molecule has 1 amide bonds. The van der Waals surface area contributed by atoms with Gasteiger partial charge in [0.25, 0.3) is 0 Å². The van der Waals surface area contributed by atoms with Crippen LogP contribution < -0.4 is 15.0 Å². The number of hydrogen-bond acceptors (Lipinski definition) is 7. The Hall–Kier alpha value is -3.31. The second-order valence-corrected chi connectivity index (χ2v) is 8.36. The van der Waals surface area contributed by atoms with E-state index in [2.05, 4.69) is 31.9 Å². The Bertz CT molecular complexity index is 1010. The molecule has 1 N–H and O–H groups in total. The fraction of sp³-hybridized carbons (Fsp3) is 0.391. The zero-order valence-electron chi connectivity index (χ0n) is 18.8. The van der Waals surface area contributed by atoms with Gasteiger partial charge in [0.1, 0.15) is 5.75 Å². The smallest absolute Gasteiger partial charge is 0.406 e. The maximum absolute atomic E-state index is 12.6. The van der Waals surface area contributed by atoms with Crippen LogP contribution in [0.4, 0.5) is 24.5 Å². The second kappa shape index (κ2) is 10.3.